The average Bonchev–Trinajstić information content (AvgIpc) is 3.45. The van der Waals surface area contributed by atoms with Crippen LogP contribution in [0.4, 0.5) is 5.82 Å². The van der Waals surface area contributed by atoms with E-state index in [2.05, 4.69) is 20.0 Å². The van der Waals surface area contributed by atoms with Crippen LogP contribution in [0.1, 0.15) is 44.5 Å². The molecule has 0 aliphatic carbocycles. The molecule has 15 heteroatoms. The molecule has 0 amide bonds. The van der Waals surface area contributed by atoms with Crippen LogP contribution in [-0.2, 0) is 34.5 Å². The number of carbonyl (C=O) groups excluding carboxylic acids is 1. The summed E-state index contributed by atoms with van der Waals surface area (Å²) < 4.78 is 38.0. The van der Waals surface area contributed by atoms with Crippen molar-refractivity contribution in [3.63, 3.8) is 0 Å². The number of ether oxygens (including phenoxy) is 2. The number of nitrogens with one attached hydrogen (secondary N) is 1. The van der Waals surface area contributed by atoms with Crippen molar-refractivity contribution < 1.29 is 33.0 Å². The van der Waals surface area contributed by atoms with Crippen molar-refractivity contribution in [2.45, 2.75) is 71.3 Å². The van der Waals surface area contributed by atoms with E-state index in [0.29, 0.717) is 11.2 Å². The maximum Gasteiger partial charge on any atom is 0.406 e. The number of nitrogens with two attached hydrogens (primary N) is 1. The van der Waals surface area contributed by atoms with E-state index >= 15 is 0 Å². The van der Waals surface area contributed by atoms with Crippen LogP contribution in [0, 0.1) is 6.92 Å². The van der Waals surface area contributed by atoms with Crippen LogP contribution in [0.3, 0.4) is 0 Å². The molecule has 4 rings (SSSR count). The van der Waals surface area contributed by atoms with Crippen LogP contribution < -0.4 is 10.8 Å². The number of esters is 1. The van der Waals surface area contributed by atoms with Gasteiger partial charge in [0.25, 0.3) is 0 Å². The van der Waals surface area contributed by atoms with Crippen molar-refractivity contribution in [1.29, 1.82) is 0 Å². The maximum absolute atomic E-state index is 13.8. The fourth-order valence-corrected chi connectivity index (χ4v) is 5.62. The predicted octanol–water partition coefficient (Wildman–Crippen LogP) is 3.29. The minimum Gasteiger partial charge on any atom is -0.462 e. The summed E-state index contributed by atoms with van der Waals surface area (Å²) in [5, 5.41) is 13.3. The minimum absolute atomic E-state index is 0.0392. The summed E-state index contributed by atoms with van der Waals surface area (Å²) in [4.78, 5) is 24.6. The third kappa shape index (κ3) is 7.12. The van der Waals surface area contributed by atoms with E-state index in [9.17, 15) is 14.5 Å². The highest BCUT2D eigenvalue weighted by atomic mass is 35.5. The number of anilines is 1. The number of carbonyl (C=O) groups is 1. The molecule has 3 aromatic rings. The van der Waals surface area contributed by atoms with Crippen LogP contribution in [0.2, 0.25) is 5.28 Å². The van der Waals surface area contributed by atoms with Crippen molar-refractivity contribution in [3.8, 4) is 0 Å². The van der Waals surface area contributed by atoms with Gasteiger partial charge in [0.2, 0.25) is 5.28 Å². The van der Waals surface area contributed by atoms with Crippen molar-refractivity contribution in [1.82, 2.24) is 24.6 Å². The second-order valence-corrected chi connectivity index (χ2v) is 11.6. The first kappa shape index (κ1) is 29.3. The van der Waals surface area contributed by atoms with Gasteiger partial charge in [0.05, 0.1) is 31.7 Å². The monoisotopic (exact) mass is 582 g/mol. The first-order chi connectivity index (χ1) is 18.5. The lowest BCUT2D eigenvalue weighted by molar-refractivity contribution is -0.149. The Hall–Kier alpha value is -2.64. The van der Waals surface area contributed by atoms with Gasteiger partial charge in [-0.25, -0.2) is 14.6 Å². The standard InChI is InChI=1S/C24H32ClN6O7P/c1-13(2)37-23(33)15(4)30-39(34,35-10-16-8-6-5-7-14(16)3)36-11-18-17(32)9-19(38-18)31-12-27-20-21(26)28-24(25)29-22(20)31/h5-8,12-13,15,17-19,32H,9-11H2,1-4H3,(H,30,34)(H2,26,28,29)/t15-,17-,18+,19+,39-/m0/s1. The van der Waals surface area contributed by atoms with Crippen molar-refractivity contribution in [2.75, 3.05) is 12.3 Å². The Bertz CT molecular complexity index is 1370. The Labute approximate surface area is 230 Å². The Balaban J connectivity index is 1.47. The smallest absolute Gasteiger partial charge is 0.406 e. The number of benzene rings is 1. The number of nitrogens with zero attached hydrogens (tertiary/aromatic N) is 4. The number of nitrogen functional groups attached to an aromatic ring is 1. The highest BCUT2D eigenvalue weighted by Gasteiger charge is 2.39. The Morgan fingerprint density at radius 1 is 1.31 bits per heavy atom. The Kier molecular flexibility index (Phi) is 9.22. The molecule has 39 heavy (non-hydrogen) atoms. The van der Waals surface area contributed by atoms with Crippen molar-refractivity contribution in [3.05, 3.63) is 47.0 Å². The second-order valence-electron chi connectivity index (χ2n) is 9.46. The number of aryl methyl sites for hydroxylation is 1. The summed E-state index contributed by atoms with van der Waals surface area (Å²) in [6, 6.07) is 6.45. The number of halogens is 1. The van der Waals surface area contributed by atoms with Gasteiger partial charge in [0.15, 0.2) is 11.5 Å². The molecule has 3 heterocycles. The molecule has 0 radical (unpaired) electrons. The third-order valence-electron chi connectivity index (χ3n) is 6.05. The molecule has 212 valence electrons. The SMILES string of the molecule is Cc1ccccc1CO[P@@](=O)(N[C@@H](C)C(=O)OC(C)C)OC[C@H]1O[C@@H](n2cnc3c(N)nc(Cl)nc32)C[C@@H]1O. The molecule has 0 bridgehead atoms. The molecular weight excluding hydrogens is 551 g/mol. The van der Waals surface area contributed by atoms with Gasteiger partial charge in [0, 0.05) is 6.42 Å². The fourth-order valence-electron chi connectivity index (χ4n) is 3.99. The molecule has 2 aromatic heterocycles. The van der Waals surface area contributed by atoms with Gasteiger partial charge in [-0.3, -0.25) is 18.4 Å². The summed E-state index contributed by atoms with van der Waals surface area (Å²) in [6.07, 6.45) is -1.26. The van der Waals surface area contributed by atoms with E-state index in [-0.39, 0.29) is 36.8 Å². The van der Waals surface area contributed by atoms with E-state index in [1.807, 2.05) is 31.2 Å². The highest BCUT2D eigenvalue weighted by Crippen LogP contribution is 2.46. The predicted molar refractivity (Wildman–Crippen MR) is 143 cm³/mol. The Morgan fingerprint density at radius 2 is 2.05 bits per heavy atom. The first-order valence-electron chi connectivity index (χ1n) is 12.4. The molecule has 5 atom stereocenters. The topological polar surface area (TPSA) is 173 Å². The van der Waals surface area contributed by atoms with Crippen LogP contribution in [0.15, 0.2) is 30.6 Å². The molecule has 0 saturated carbocycles. The second kappa shape index (κ2) is 12.3. The number of hydrogen-bond acceptors (Lipinski definition) is 11. The maximum atomic E-state index is 13.8. The number of aromatic nitrogens is 4. The molecule has 13 nitrogen and oxygen atoms in total. The van der Waals surface area contributed by atoms with Crippen LogP contribution in [0.5, 0.6) is 0 Å². The van der Waals surface area contributed by atoms with Gasteiger partial charge in [0.1, 0.15) is 23.9 Å². The van der Waals surface area contributed by atoms with E-state index in [1.54, 1.807) is 18.4 Å². The van der Waals surface area contributed by atoms with Gasteiger partial charge in [-0.05, 0) is 50.4 Å². The Morgan fingerprint density at radius 3 is 2.77 bits per heavy atom. The van der Waals surface area contributed by atoms with Crippen LogP contribution >= 0.6 is 19.3 Å². The van der Waals surface area contributed by atoms with Crippen LogP contribution in [0.25, 0.3) is 11.2 Å². The lowest BCUT2D eigenvalue weighted by Crippen LogP contribution is -2.36. The van der Waals surface area contributed by atoms with Gasteiger partial charge >= 0.3 is 13.7 Å². The average molecular weight is 583 g/mol. The van der Waals surface area contributed by atoms with E-state index in [4.69, 9.17) is 35.9 Å². The quantitative estimate of drug-likeness (QED) is 0.171. The summed E-state index contributed by atoms with van der Waals surface area (Å²) in [5.74, 6) is -0.498. The van der Waals surface area contributed by atoms with Crippen LogP contribution in [-0.4, -0.2) is 61.6 Å². The van der Waals surface area contributed by atoms with E-state index < -0.39 is 38.2 Å². The zero-order valence-corrected chi connectivity index (χ0v) is 23.6. The zero-order chi connectivity index (χ0) is 28.3. The molecule has 1 fully saturated rings. The number of aliphatic hydroxyl groups is 1. The molecule has 1 saturated heterocycles. The lowest BCUT2D eigenvalue weighted by Gasteiger charge is -2.25. The largest absolute Gasteiger partial charge is 0.462 e. The van der Waals surface area contributed by atoms with Gasteiger partial charge in [-0.1, -0.05) is 24.3 Å². The lowest BCUT2D eigenvalue weighted by atomic mass is 10.1. The first-order valence-corrected chi connectivity index (χ1v) is 14.3. The fraction of sp³-hybridized carbons (Fsp3) is 0.500. The van der Waals surface area contributed by atoms with Gasteiger partial charge < -0.3 is 20.3 Å². The van der Waals surface area contributed by atoms with Gasteiger partial charge in [-0.15, -0.1) is 0 Å². The number of fused-ring (bicyclic) bond motifs is 1. The van der Waals surface area contributed by atoms with Gasteiger partial charge in [-0.2, -0.15) is 9.97 Å². The highest BCUT2D eigenvalue weighted by molar-refractivity contribution is 7.51. The number of aliphatic hydroxyl groups excluding tert-OH is 1. The molecule has 0 spiro atoms. The molecule has 4 N–H and O–H groups in total. The third-order valence-corrected chi connectivity index (χ3v) is 7.88. The summed E-state index contributed by atoms with van der Waals surface area (Å²) in [7, 11) is -4.08. The number of imidazole rings is 1. The van der Waals surface area contributed by atoms with Crippen molar-refractivity contribution >= 4 is 42.3 Å². The van der Waals surface area contributed by atoms with E-state index in [1.165, 1.54) is 13.3 Å². The molecule has 0 unspecified atom stereocenters. The molecule has 1 aliphatic rings. The number of hydrogen-bond donors (Lipinski definition) is 3. The summed E-state index contributed by atoms with van der Waals surface area (Å²) >= 11 is 5.95. The molecule has 1 aromatic carbocycles. The van der Waals surface area contributed by atoms with Crippen molar-refractivity contribution in [2.24, 2.45) is 0 Å². The summed E-state index contributed by atoms with van der Waals surface area (Å²) in [5.41, 5.74) is 8.30. The summed E-state index contributed by atoms with van der Waals surface area (Å²) in [6.45, 7) is 6.48. The normalized spacial score (nSPS) is 21.8. The molecule has 1 aliphatic heterocycles. The minimum atomic E-state index is -4.08. The number of rotatable bonds is 11. The molecular formula is C24H32ClN6O7P. The zero-order valence-electron chi connectivity index (χ0n) is 22.0. The van der Waals surface area contributed by atoms with E-state index in [0.717, 1.165) is 11.1 Å².